The number of aryl methyl sites for hydroxylation is 1. The van der Waals surface area contributed by atoms with Crippen molar-refractivity contribution in [2.75, 3.05) is 0 Å². The molecule has 1 aromatic carbocycles. The van der Waals surface area contributed by atoms with E-state index in [1.165, 1.54) is 5.56 Å². The number of aldehydes is 1. The highest BCUT2D eigenvalue weighted by atomic mass is 16.1. The molecule has 0 radical (unpaired) electrons. The molecule has 0 aliphatic heterocycles. The topological polar surface area (TPSA) is 34.9 Å². The monoisotopic (exact) mass is 228 g/mol. The quantitative estimate of drug-likeness (QED) is 0.754. The van der Waals surface area contributed by atoms with Crippen molar-refractivity contribution in [2.24, 2.45) is 0 Å². The number of rotatable bonds is 4. The van der Waals surface area contributed by atoms with Crippen LogP contribution in [0, 0.1) is 6.92 Å². The van der Waals surface area contributed by atoms with Gasteiger partial charge < -0.3 is 9.36 Å². The molecule has 2 aromatic rings. The Morgan fingerprint density at radius 1 is 1.35 bits per heavy atom. The van der Waals surface area contributed by atoms with Crippen LogP contribution in [-0.2, 0) is 4.79 Å². The minimum absolute atomic E-state index is 0.283. The molecule has 0 aliphatic carbocycles. The zero-order valence-corrected chi connectivity index (χ0v) is 10.1. The normalized spacial score (nSPS) is 12.4. The van der Waals surface area contributed by atoms with Gasteiger partial charge in [-0.15, -0.1) is 0 Å². The molecule has 17 heavy (non-hydrogen) atoms. The average molecular weight is 228 g/mol. The molecule has 0 N–H and O–H groups in total. The molecule has 3 heteroatoms. The number of carbonyl (C=O) groups excluding carboxylic acids is 1. The lowest BCUT2D eigenvalue weighted by Crippen LogP contribution is -1.98. The number of aromatic nitrogens is 2. The molecule has 1 heterocycles. The highest BCUT2D eigenvalue weighted by molar-refractivity contribution is 5.51. The Morgan fingerprint density at radius 3 is 2.59 bits per heavy atom. The van der Waals surface area contributed by atoms with E-state index in [0.717, 1.165) is 17.8 Å². The average Bonchev–Trinajstić information content (AvgIpc) is 2.76. The van der Waals surface area contributed by atoms with Crippen molar-refractivity contribution in [2.45, 2.75) is 26.2 Å². The molecular weight excluding hydrogens is 212 g/mol. The summed E-state index contributed by atoms with van der Waals surface area (Å²) in [6.07, 6.45) is 5.28. The lowest BCUT2D eigenvalue weighted by atomic mass is 9.98. The fourth-order valence-corrected chi connectivity index (χ4v) is 1.89. The van der Waals surface area contributed by atoms with Crippen LogP contribution >= 0.6 is 0 Å². The first-order valence-electron chi connectivity index (χ1n) is 5.76. The fourth-order valence-electron chi connectivity index (χ4n) is 1.89. The van der Waals surface area contributed by atoms with E-state index in [1.54, 1.807) is 6.20 Å². The molecule has 0 fully saturated rings. The standard InChI is InChI=1S/C14H16N2O/c1-11(7-10-17)13-3-5-14(6-4-13)16-9-8-15-12(16)2/h3-6,8-11H,7H2,1-2H3. The summed E-state index contributed by atoms with van der Waals surface area (Å²) in [5, 5.41) is 0. The van der Waals surface area contributed by atoms with E-state index in [-0.39, 0.29) is 5.92 Å². The maximum absolute atomic E-state index is 10.5. The Hall–Kier alpha value is -1.90. The van der Waals surface area contributed by atoms with Gasteiger partial charge in [0.25, 0.3) is 0 Å². The number of imidazole rings is 1. The summed E-state index contributed by atoms with van der Waals surface area (Å²) in [6.45, 7) is 4.04. The molecular formula is C14H16N2O. The van der Waals surface area contributed by atoms with Crippen molar-refractivity contribution in [3.63, 3.8) is 0 Å². The Labute approximate surface area is 101 Å². The van der Waals surface area contributed by atoms with Crippen molar-refractivity contribution < 1.29 is 4.79 Å². The number of hydrogen-bond acceptors (Lipinski definition) is 2. The summed E-state index contributed by atoms with van der Waals surface area (Å²) < 4.78 is 2.04. The van der Waals surface area contributed by atoms with Crippen LogP contribution in [0.1, 0.15) is 30.7 Å². The number of hydrogen-bond donors (Lipinski definition) is 0. The van der Waals surface area contributed by atoms with Crippen LogP contribution < -0.4 is 0 Å². The highest BCUT2D eigenvalue weighted by Gasteiger charge is 2.05. The summed E-state index contributed by atoms with van der Waals surface area (Å²) in [5.41, 5.74) is 2.29. The Balaban J connectivity index is 2.24. The van der Waals surface area contributed by atoms with Crippen molar-refractivity contribution in [3.05, 3.63) is 48.0 Å². The maximum Gasteiger partial charge on any atom is 0.120 e. The second-order valence-corrected chi connectivity index (χ2v) is 4.24. The van der Waals surface area contributed by atoms with Gasteiger partial charge >= 0.3 is 0 Å². The lowest BCUT2D eigenvalue weighted by molar-refractivity contribution is -0.108. The number of nitrogens with zero attached hydrogens (tertiary/aromatic N) is 2. The third kappa shape index (κ3) is 2.44. The van der Waals surface area contributed by atoms with Crippen molar-refractivity contribution >= 4 is 6.29 Å². The van der Waals surface area contributed by atoms with Crippen LogP contribution in [0.3, 0.4) is 0 Å². The van der Waals surface area contributed by atoms with Gasteiger partial charge in [0.1, 0.15) is 12.1 Å². The van der Waals surface area contributed by atoms with E-state index >= 15 is 0 Å². The summed E-state index contributed by atoms with van der Waals surface area (Å²) in [7, 11) is 0. The Kier molecular flexibility index (Phi) is 3.38. The maximum atomic E-state index is 10.5. The van der Waals surface area contributed by atoms with E-state index in [2.05, 4.69) is 36.2 Å². The second kappa shape index (κ2) is 4.95. The van der Waals surface area contributed by atoms with E-state index in [0.29, 0.717) is 6.42 Å². The third-order valence-corrected chi connectivity index (χ3v) is 3.02. The SMILES string of the molecule is Cc1nccn1-c1ccc(C(C)CC=O)cc1. The van der Waals surface area contributed by atoms with E-state index in [9.17, 15) is 4.79 Å². The Morgan fingerprint density at radius 2 is 2.06 bits per heavy atom. The largest absolute Gasteiger partial charge is 0.304 e. The van der Waals surface area contributed by atoms with Gasteiger partial charge in [0.15, 0.2) is 0 Å². The smallest absolute Gasteiger partial charge is 0.120 e. The van der Waals surface area contributed by atoms with Crippen molar-refractivity contribution in [1.29, 1.82) is 0 Å². The predicted octanol–water partition coefficient (Wildman–Crippen LogP) is 2.87. The molecule has 2 rings (SSSR count). The predicted molar refractivity (Wildman–Crippen MR) is 67.4 cm³/mol. The molecule has 0 aliphatic rings. The van der Waals surface area contributed by atoms with Gasteiger partial charge in [-0.05, 0) is 30.5 Å². The number of benzene rings is 1. The van der Waals surface area contributed by atoms with Gasteiger partial charge in [-0.3, -0.25) is 0 Å². The molecule has 3 nitrogen and oxygen atoms in total. The molecule has 1 atom stereocenters. The first-order valence-corrected chi connectivity index (χ1v) is 5.76. The summed E-state index contributed by atoms with van der Waals surface area (Å²) in [6, 6.07) is 8.27. The van der Waals surface area contributed by atoms with Gasteiger partial charge in [-0.1, -0.05) is 19.1 Å². The summed E-state index contributed by atoms with van der Waals surface area (Å²) in [5.74, 6) is 1.25. The molecule has 0 bridgehead atoms. The van der Waals surface area contributed by atoms with E-state index < -0.39 is 0 Å². The van der Waals surface area contributed by atoms with E-state index in [4.69, 9.17) is 0 Å². The third-order valence-electron chi connectivity index (χ3n) is 3.02. The van der Waals surface area contributed by atoms with Crippen LogP contribution in [0.2, 0.25) is 0 Å². The van der Waals surface area contributed by atoms with Crippen LogP contribution in [0.5, 0.6) is 0 Å². The Bertz CT molecular complexity index is 499. The van der Waals surface area contributed by atoms with Crippen LogP contribution in [-0.4, -0.2) is 15.8 Å². The first-order chi connectivity index (χ1) is 8.22. The molecule has 88 valence electrons. The van der Waals surface area contributed by atoms with Crippen LogP contribution in [0.25, 0.3) is 5.69 Å². The molecule has 1 aromatic heterocycles. The zero-order valence-electron chi connectivity index (χ0n) is 10.1. The summed E-state index contributed by atoms with van der Waals surface area (Å²) in [4.78, 5) is 14.7. The van der Waals surface area contributed by atoms with Crippen LogP contribution in [0.4, 0.5) is 0 Å². The minimum Gasteiger partial charge on any atom is -0.304 e. The first kappa shape index (κ1) is 11.6. The second-order valence-electron chi connectivity index (χ2n) is 4.24. The van der Waals surface area contributed by atoms with Crippen LogP contribution in [0.15, 0.2) is 36.7 Å². The molecule has 0 saturated carbocycles. The van der Waals surface area contributed by atoms with Crippen molar-refractivity contribution in [3.8, 4) is 5.69 Å². The molecule has 0 spiro atoms. The highest BCUT2D eigenvalue weighted by Crippen LogP contribution is 2.20. The molecule has 0 amide bonds. The zero-order chi connectivity index (χ0) is 12.3. The van der Waals surface area contributed by atoms with Gasteiger partial charge in [0.05, 0.1) is 0 Å². The van der Waals surface area contributed by atoms with Gasteiger partial charge in [0, 0.05) is 24.5 Å². The number of carbonyl (C=O) groups is 1. The fraction of sp³-hybridized carbons (Fsp3) is 0.286. The molecule has 0 saturated heterocycles. The van der Waals surface area contributed by atoms with E-state index in [1.807, 2.05) is 17.7 Å². The summed E-state index contributed by atoms with van der Waals surface area (Å²) >= 11 is 0. The lowest BCUT2D eigenvalue weighted by Gasteiger charge is -2.10. The van der Waals surface area contributed by atoms with Gasteiger partial charge in [0.2, 0.25) is 0 Å². The van der Waals surface area contributed by atoms with Gasteiger partial charge in [-0.2, -0.15) is 0 Å². The van der Waals surface area contributed by atoms with Gasteiger partial charge in [-0.25, -0.2) is 4.98 Å². The van der Waals surface area contributed by atoms with Crippen molar-refractivity contribution in [1.82, 2.24) is 9.55 Å². The molecule has 1 unspecified atom stereocenters. The minimum atomic E-state index is 0.283.